The molecule has 0 spiro atoms. The maximum absolute atomic E-state index is 14.1. The fraction of sp³-hybridized carbons (Fsp3) is 0.250. The molecule has 3 nitrogen and oxygen atoms in total. The highest BCUT2D eigenvalue weighted by molar-refractivity contribution is 5.50. The Balaban J connectivity index is 2.63. The summed E-state index contributed by atoms with van der Waals surface area (Å²) in [5.74, 6) is 0.0824. The molecule has 0 aliphatic rings. The SMILES string of the molecule is CNC(c1cc(F)ccc1F)c1c(OC)cccc1OC. The number of benzene rings is 2. The van der Waals surface area contributed by atoms with Crippen molar-refractivity contribution in [1.29, 1.82) is 0 Å². The van der Waals surface area contributed by atoms with Gasteiger partial charge in [0.2, 0.25) is 0 Å². The second-order valence-corrected chi connectivity index (χ2v) is 4.46. The van der Waals surface area contributed by atoms with Gasteiger partial charge in [-0.05, 0) is 37.4 Å². The highest BCUT2D eigenvalue weighted by Gasteiger charge is 2.24. The zero-order chi connectivity index (χ0) is 15.4. The van der Waals surface area contributed by atoms with Crippen LogP contribution in [0.5, 0.6) is 11.5 Å². The third-order valence-electron chi connectivity index (χ3n) is 3.31. The van der Waals surface area contributed by atoms with Crippen molar-refractivity contribution in [2.45, 2.75) is 6.04 Å². The Bertz CT molecular complexity index is 609. The van der Waals surface area contributed by atoms with Gasteiger partial charge in [-0.2, -0.15) is 0 Å². The van der Waals surface area contributed by atoms with Crippen molar-refractivity contribution in [2.75, 3.05) is 21.3 Å². The Kier molecular flexibility index (Phi) is 4.75. The van der Waals surface area contributed by atoms with Crippen molar-refractivity contribution >= 4 is 0 Å². The molecule has 0 fully saturated rings. The molecule has 21 heavy (non-hydrogen) atoms. The molecule has 1 N–H and O–H groups in total. The van der Waals surface area contributed by atoms with Crippen LogP contribution in [0.25, 0.3) is 0 Å². The summed E-state index contributed by atoms with van der Waals surface area (Å²) >= 11 is 0. The first-order valence-electron chi connectivity index (χ1n) is 6.45. The zero-order valence-corrected chi connectivity index (χ0v) is 12.1. The quantitative estimate of drug-likeness (QED) is 0.917. The Morgan fingerprint density at radius 2 is 1.62 bits per heavy atom. The first-order valence-corrected chi connectivity index (χ1v) is 6.45. The summed E-state index contributed by atoms with van der Waals surface area (Å²) in [7, 11) is 4.71. The lowest BCUT2D eigenvalue weighted by Crippen LogP contribution is -2.20. The van der Waals surface area contributed by atoms with Gasteiger partial charge in [-0.25, -0.2) is 8.78 Å². The number of hydrogen-bond acceptors (Lipinski definition) is 3. The predicted molar refractivity (Wildman–Crippen MR) is 76.8 cm³/mol. The van der Waals surface area contributed by atoms with Crippen LogP contribution in [0.1, 0.15) is 17.2 Å². The number of halogens is 2. The van der Waals surface area contributed by atoms with Gasteiger partial charge in [0.1, 0.15) is 23.1 Å². The van der Waals surface area contributed by atoms with E-state index in [0.29, 0.717) is 17.1 Å². The predicted octanol–water partition coefficient (Wildman–Crippen LogP) is 3.29. The minimum absolute atomic E-state index is 0.195. The number of nitrogens with one attached hydrogen (secondary N) is 1. The summed E-state index contributed by atoms with van der Waals surface area (Å²) < 4.78 is 38.2. The monoisotopic (exact) mass is 293 g/mol. The molecule has 2 aromatic rings. The van der Waals surface area contributed by atoms with Crippen molar-refractivity contribution < 1.29 is 18.3 Å². The van der Waals surface area contributed by atoms with Crippen molar-refractivity contribution in [1.82, 2.24) is 5.32 Å². The molecule has 0 aromatic heterocycles. The van der Waals surface area contributed by atoms with E-state index >= 15 is 0 Å². The summed E-state index contributed by atoms with van der Waals surface area (Å²) in [6.45, 7) is 0. The zero-order valence-electron chi connectivity index (χ0n) is 12.1. The van der Waals surface area contributed by atoms with Crippen LogP contribution < -0.4 is 14.8 Å². The topological polar surface area (TPSA) is 30.5 Å². The molecule has 0 aliphatic heterocycles. The molecule has 5 heteroatoms. The largest absolute Gasteiger partial charge is 0.496 e. The van der Waals surface area contributed by atoms with E-state index in [4.69, 9.17) is 9.47 Å². The molecular weight excluding hydrogens is 276 g/mol. The molecule has 2 aromatic carbocycles. The lowest BCUT2D eigenvalue weighted by Gasteiger charge is -2.22. The number of hydrogen-bond donors (Lipinski definition) is 1. The fourth-order valence-corrected chi connectivity index (χ4v) is 2.36. The first-order chi connectivity index (χ1) is 10.1. The first kappa shape index (κ1) is 15.3. The minimum atomic E-state index is -0.591. The van der Waals surface area contributed by atoms with E-state index < -0.39 is 17.7 Å². The van der Waals surface area contributed by atoms with Crippen LogP contribution in [0.2, 0.25) is 0 Å². The normalized spacial score (nSPS) is 12.0. The summed E-state index contributed by atoms with van der Waals surface area (Å²) in [5.41, 5.74) is 0.815. The highest BCUT2D eigenvalue weighted by atomic mass is 19.1. The fourth-order valence-electron chi connectivity index (χ4n) is 2.36. The van der Waals surface area contributed by atoms with Gasteiger partial charge in [0.05, 0.1) is 25.8 Å². The number of rotatable bonds is 5. The number of methoxy groups -OCH3 is 2. The second-order valence-electron chi connectivity index (χ2n) is 4.46. The molecule has 1 unspecified atom stereocenters. The Morgan fingerprint density at radius 1 is 1.00 bits per heavy atom. The van der Waals surface area contributed by atoms with Crippen LogP contribution in [-0.4, -0.2) is 21.3 Å². The van der Waals surface area contributed by atoms with Crippen molar-refractivity contribution in [3.05, 3.63) is 59.2 Å². The molecule has 0 amide bonds. The lowest BCUT2D eigenvalue weighted by atomic mass is 9.96. The Hall–Kier alpha value is -2.14. The van der Waals surface area contributed by atoms with Gasteiger partial charge in [0.15, 0.2) is 0 Å². The van der Waals surface area contributed by atoms with Crippen LogP contribution in [0.3, 0.4) is 0 Å². The van der Waals surface area contributed by atoms with Crippen LogP contribution >= 0.6 is 0 Å². The lowest BCUT2D eigenvalue weighted by molar-refractivity contribution is 0.377. The number of ether oxygens (including phenoxy) is 2. The smallest absolute Gasteiger partial charge is 0.128 e. The van der Waals surface area contributed by atoms with Gasteiger partial charge in [0, 0.05) is 5.56 Å². The van der Waals surface area contributed by atoms with Gasteiger partial charge in [0.25, 0.3) is 0 Å². The second kappa shape index (κ2) is 6.54. The van der Waals surface area contributed by atoms with E-state index in [2.05, 4.69) is 5.32 Å². The standard InChI is InChI=1S/C16H17F2NO2/c1-19-16(11-9-10(17)7-8-12(11)18)15-13(20-2)5-4-6-14(15)21-3/h4-9,16,19H,1-3H3. The van der Waals surface area contributed by atoms with Crippen LogP contribution in [-0.2, 0) is 0 Å². The van der Waals surface area contributed by atoms with E-state index in [1.807, 2.05) is 0 Å². The maximum atomic E-state index is 14.1. The summed E-state index contributed by atoms with van der Waals surface area (Å²) in [6.07, 6.45) is 0. The van der Waals surface area contributed by atoms with Gasteiger partial charge >= 0.3 is 0 Å². The molecule has 0 radical (unpaired) electrons. The van der Waals surface area contributed by atoms with Gasteiger partial charge in [-0.1, -0.05) is 6.07 Å². The molecule has 0 heterocycles. The Morgan fingerprint density at radius 3 is 2.14 bits per heavy atom. The van der Waals surface area contributed by atoms with Crippen molar-refractivity contribution in [3.8, 4) is 11.5 Å². The van der Waals surface area contributed by atoms with Crippen LogP contribution in [0.4, 0.5) is 8.78 Å². The third-order valence-corrected chi connectivity index (χ3v) is 3.31. The Labute approximate surface area is 122 Å². The van der Waals surface area contributed by atoms with Gasteiger partial charge in [-0.15, -0.1) is 0 Å². The van der Waals surface area contributed by atoms with Crippen molar-refractivity contribution in [3.63, 3.8) is 0 Å². The van der Waals surface area contributed by atoms with Gasteiger partial charge in [-0.3, -0.25) is 0 Å². The van der Waals surface area contributed by atoms with Crippen LogP contribution in [0, 0.1) is 11.6 Å². The average Bonchev–Trinajstić information content (AvgIpc) is 2.51. The molecule has 0 saturated heterocycles. The summed E-state index contributed by atoms with van der Waals surface area (Å²) in [6, 6.07) is 8.05. The van der Waals surface area contributed by atoms with E-state index in [0.717, 1.165) is 12.1 Å². The molecule has 1 atom stereocenters. The summed E-state index contributed by atoms with van der Waals surface area (Å²) in [5, 5.41) is 2.99. The van der Waals surface area contributed by atoms with E-state index in [1.165, 1.54) is 20.3 Å². The maximum Gasteiger partial charge on any atom is 0.128 e. The van der Waals surface area contributed by atoms with E-state index in [1.54, 1.807) is 25.2 Å². The molecule has 0 saturated carbocycles. The average molecular weight is 293 g/mol. The molecule has 112 valence electrons. The minimum Gasteiger partial charge on any atom is -0.496 e. The molecular formula is C16H17F2NO2. The molecule has 2 rings (SSSR count). The third kappa shape index (κ3) is 2.97. The molecule has 0 aliphatic carbocycles. The van der Waals surface area contributed by atoms with Crippen molar-refractivity contribution in [2.24, 2.45) is 0 Å². The van der Waals surface area contributed by atoms with E-state index in [-0.39, 0.29) is 5.56 Å². The molecule has 0 bridgehead atoms. The van der Waals surface area contributed by atoms with Gasteiger partial charge < -0.3 is 14.8 Å². The highest BCUT2D eigenvalue weighted by Crippen LogP contribution is 2.38. The van der Waals surface area contributed by atoms with E-state index in [9.17, 15) is 8.78 Å². The summed E-state index contributed by atoms with van der Waals surface area (Å²) in [4.78, 5) is 0. The van der Waals surface area contributed by atoms with Crippen LogP contribution in [0.15, 0.2) is 36.4 Å².